The predicted octanol–water partition coefficient (Wildman–Crippen LogP) is 1.17. The number of hydrogen-bond donors (Lipinski definition) is 2. The Morgan fingerprint density at radius 1 is 1.53 bits per heavy atom. The lowest BCUT2D eigenvalue weighted by molar-refractivity contribution is -0.118. The van der Waals surface area contributed by atoms with Crippen LogP contribution in [0.2, 0.25) is 0 Å². The van der Waals surface area contributed by atoms with Crippen molar-refractivity contribution in [2.24, 2.45) is 10.9 Å². The molecule has 19 heavy (non-hydrogen) atoms. The first-order valence-corrected chi connectivity index (χ1v) is 5.93. The van der Waals surface area contributed by atoms with Crippen LogP contribution in [0.15, 0.2) is 29.4 Å². The zero-order valence-corrected chi connectivity index (χ0v) is 11.2. The molecule has 1 aromatic carbocycles. The first kappa shape index (κ1) is 15.0. The second kappa shape index (κ2) is 7.38. The highest BCUT2D eigenvalue weighted by Crippen LogP contribution is 2.16. The molecule has 104 valence electrons. The summed E-state index contributed by atoms with van der Waals surface area (Å²) in [6, 6.07) is 6.95. The average Bonchev–Trinajstić information content (AvgIpc) is 2.45. The van der Waals surface area contributed by atoms with Gasteiger partial charge in [-0.1, -0.05) is 17.3 Å². The summed E-state index contributed by atoms with van der Waals surface area (Å²) in [6.45, 7) is 0.559. The maximum atomic E-state index is 11.9. The van der Waals surface area contributed by atoms with E-state index in [4.69, 9.17) is 15.7 Å². The van der Waals surface area contributed by atoms with Gasteiger partial charge in [-0.05, 0) is 18.6 Å². The van der Waals surface area contributed by atoms with Gasteiger partial charge in [0.15, 0.2) is 5.84 Å². The second-order valence-electron chi connectivity index (χ2n) is 4.08. The van der Waals surface area contributed by atoms with Gasteiger partial charge in [-0.15, -0.1) is 0 Å². The number of oxime groups is 1. The van der Waals surface area contributed by atoms with Crippen LogP contribution >= 0.6 is 0 Å². The van der Waals surface area contributed by atoms with E-state index in [2.05, 4.69) is 5.16 Å². The van der Waals surface area contributed by atoms with E-state index in [1.165, 1.54) is 0 Å². The Balaban J connectivity index is 2.76. The molecule has 0 spiro atoms. The molecule has 0 aliphatic carbocycles. The maximum absolute atomic E-state index is 11.9. The van der Waals surface area contributed by atoms with Crippen molar-refractivity contribution in [3.63, 3.8) is 0 Å². The van der Waals surface area contributed by atoms with Crippen molar-refractivity contribution in [1.82, 2.24) is 0 Å². The van der Waals surface area contributed by atoms with E-state index in [1.807, 2.05) is 0 Å². The number of amidine groups is 1. The summed E-state index contributed by atoms with van der Waals surface area (Å²) in [6.07, 6.45) is 1.09. The highest BCUT2D eigenvalue weighted by Gasteiger charge is 2.11. The molecule has 1 rings (SSSR count). The number of ether oxygens (including phenoxy) is 1. The fourth-order valence-corrected chi connectivity index (χ4v) is 1.61. The third kappa shape index (κ3) is 4.26. The van der Waals surface area contributed by atoms with Crippen molar-refractivity contribution in [1.29, 1.82) is 0 Å². The quantitative estimate of drug-likeness (QED) is 0.266. The van der Waals surface area contributed by atoms with Gasteiger partial charge in [-0.3, -0.25) is 4.79 Å². The normalized spacial score (nSPS) is 11.4. The van der Waals surface area contributed by atoms with E-state index in [1.54, 1.807) is 43.3 Å². The summed E-state index contributed by atoms with van der Waals surface area (Å²) in [5, 5.41) is 11.6. The first-order valence-electron chi connectivity index (χ1n) is 5.93. The van der Waals surface area contributed by atoms with Crippen molar-refractivity contribution < 1.29 is 14.7 Å². The Labute approximate surface area is 112 Å². The van der Waals surface area contributed by atoms with Crippen molar-refractivity contribution in [3.8, 4) is 0 Å². The SMILES string of the molecule is COCCCC(=O)N(C)c1cccc(C(N)=NO)c1. The third-order valence-corrected chi connectivity index (χ3v) is 2.75. The lowest BCUT2D eigenvalue weighted by Gasteiger charge is -2.18. The molecule has 3 N–H and O–H groups in total. The highest BCUT2D eigenvalue weighted by atomic mass is 16.5. The molecule has 0 atom stereocenters. The fraction of sp³-hybridized carbons (Fsp3) is 0.385. The molecule has 0 saturated heterocycles. The van der Waals surface area contributed by atoms with E-state index in [0.717, 1.165) is 0 Å². The van der Waals surface area contributed by atoms with Crippen LogP contribution in [0.3, 0.4) is 0 Å². The zero-order valence-electron chi connectivity index (χ0n) is 11.2. The van der Waals surface area contributed by atoms with Crippen LogP contribution in [0.1, 0.15) is 18.4 Å². The molecule has 6 nitrogen and oxygen atoms in total. The molecular formula is C13H19N3O3. The van der Waals surface area contributed by atoms with Gasteiger partial charge in [0.2, 0.25) is 5.91 Å². The molecule has 0 bridgehead atoms. The Bertz CT molecular complexity index is 460. The Morgan fingerprint density at radius 3 is 2.89 bits per heavy atom. The van der Waals surface area contributed by atoms with Gasteiger partial charge in [0.1, 0.15) is 0 Å². The van der Waals surface area contributed by atoms with Gasteiger partial charge in [0.05, 0.1) is 0 Å². The Morgan fingerprint density at radius 2 is 2.26 bits per heavy atom. The van der Waals surface area contributed by atoms with Gasteiger partial charge in [-0.2, -0.15) is 0 Å². The summed E-state index contributed by atoms with van der Waals surface area (Å²) in [5.74, 6) is 0.00999. The summed E-state index contributed by atoms with van der Waals surface area (Å²) in [7, 11) is 3.30. The molecule has 1 aromatic rings. The number of carbonyl (C=O) groups is 1. The molecule has 0 aliphatic rings. The predicted molar refractivity (Wildman–Crippen MR) is 73.5 cm³/mol. The monoisotopic (exact) mass is 265 g/mol. The molecule has 0 aromatic heterocycles. The summed E-state index contributed by atoms with van der Waals surface area (Å²) < 4.78 is 4.91. The van der Waals surface area contributed by atoms with Crippen LogP contribution < -0.4 is 10.6 Å². The van der Waals surface area contributed by atoms with Crippen LogP contribution in [-0.4, -0.2) is 37.7 Å². The van der Waals surface area contributed by atoms with E-state index in [9.17, 15) is 4.79 Å². The lowest BCUT2D eigenvalue weighted by atomic mass is 10.1. The molecule has 6 heteroatoms. The minimum Gasteiger partial charge on any atom is -0.409 e. The summed E-state index contributed by atoms with van der Waals surface area (Å²) >= 11 is 0. The molecule has 0 heterocycles. The summed E-state index contributed by atoms with van der Waals surface area (Å²) in [4.78, 5) is 13.5. The topological polar surface area (TPSA) is 88.2 Å². The van der Waals surface area contributed by atoms with Crippen molar-refractivity contribution in [2.45, 2.75) is 12.8 Å². The highest BCUT2D eigenvalue weighted by molar-refractivity contribution is 5.99. The Kier molecular flexibility index (Phi) is 5.81. The van der Waals surface area contributed by atoms with Crippen LogP contribution in [0.5, 0.6) is 0 Å². The van der Waals surface area contributed by atoms with Gasteiger partial charge >= 0.3 is 0 Å². The second-order valence-corrected chi connectivity index (χ2v) is 4.08. The van der Waals surface area contributed by atoms with Crippen LogP contribution in [0, 0.1) is 0 Å². The standard InChI is InChI=1S/C13H19N3O3/c1-16(12(17)7-4-8-19-2)11-6-3-5-10(9-11)13(14)15-18/h3,5-6,9,18H,4,7-8H2,1-2H3,(H2,14,15). The minimum absolute atomic E-state index is 0.00583. The number of benzene rings is 1. The number of hydrogen-bond acceptors (Lipinski definition) is 4. The van der Waals surface area contributed by atoms with E-state index in [-0.39, 0.29) is 11.7 Å². The zero-order chi connectivity index (χ0) is 14.3. The molecule has 0 aliphatic heterocycles. The number of carbonyl (C=O) groups excluding carboxylic acids is 1. The molecule has 0 unspecified atom stereocenters. The van der Waals surface area contributed by atoms with Gasteiger partial charge < -0.3 is 20.6 Å². The number of rotatable bonds is 6. The third-order valence-electron chi connectivity index (χ3n) is 2.75. The van der Waals surface area contributed by atoms with E-state index >= 15 is 0 Å². The number of amides is 1. The van der Waals surface area contributed by atoms with Crippen molar-refractivity contribution in [2.75, 3.05) is 25.7 Å². The Hall–Kier alpha value is -2.08. The number of nitrogens with two attached hydrogens (primary N) is 1. The minimum atomic E-state index is -0.00583. The molecule has 0 fully saturated rings. The number of methoxy groups -OCH3 is 1. The molecule has 0 radical (unpaired) electrons. The lowest BCUT2D eigenvalue weighted by Crippen LogP contribution is -2.26. The van der Waals surface area contributed by atoms with Crippen LogP contribution in [0.4, 0.5) is 5.69 Å². The molecular weight excluding hydrogens is 246 g/mol. The maximum Gasteiger partial charge on any atom is 0.226 e. The number of anilines is 1. The molecule has 1 amide bonds. The fourth-order valence-electron chi connectivity index (χ4n) is 1.61. The van der Waals surface area contributed by atoms with E-state index < -0.39 is 0 Å². The summed E-state index contributed by atoms with van der Waals surface area (Å²) in [5.41, 5.74) is 6.78. The van der Waals surface area contributed by atoms with Gasteiger partial charge in [0, 0.05) is 38.4 Å². The molecule has 0 saturated carbocycles. The van der Waals surface area contributed by atoms with E-state index in [0.29, 0.717) is 30.7 Å². The van der Waals surface area contributed by atoms with Gasteiger partial charge in [0.25, 0.3) is 0 Å². The van der Waals surface area contributed by atoms with Crippen molar-refractivity contribution in [3.05, 3.63) is 29.8 Å². The number of nitrogens with zero attached hydrogens (tertiary/aromatic N) is 2. The van der Waals surface area contributed by atoms with Gasteiger partial charge in [-0.25, -0.2) is 0 Å². The smallest absolute Gasteiger partial charge is 0.226 e. The van der Waals surface area contributed by atoms with Crippen LogP contribution in [0.25, 0.3) is 0 Å². The first-order chi connectivity index (χ1) is 9.10. The van der Waals surface area contributed by atoms with Crippen LogP contribution in [-0.2, 0) is 9.53 Å². The average molecular weight is 265 g/mol. The van der Waals surface area contributed by atoms with Crippen molar-refractivity contribution >= 4 is 17.4 Å². The largest absolute Gasteiger partial charge is 0.409 e.